The van der Waals surface area contributed by atoms with Crippen LogP contribution >= 0.6 is 11.6 Å². The van der Waals surface area contributed by atoms with Crippen molar-refractivity contribution >= 4 is 23.2 Å². The Morgan fingerprint density at radius 2 is 1.96 bits per heavy atom. The number of hydrogen-bond donors (Lipinski definition) is 1. The molecule has 2 rings (SSSR count). The van der Waals surface area contributed by atoms with Crippen LogP contribution in [0.4, 0.5) is 18.9 Å². The third-order valence-corrected chi connectivity index (χ3v) is 3.66. The van der Waals surface area contributed by atoms with Gasteiger partial charge in [0.2, 0.25) is 5.91 Å². The Morgan fingerprint density at radius 1 is 1.35 bits per heavy atom. The topological polar surface area (TPSA) is 41.6 Å². The summed E-state index contributed by atoms with van der Waals surface area (Å²) in [6.07, 6.45) is -4.63. The summed E-state index contributed by atoms with van der Waals surface area (Å²) in [6, 6.07) is 3.27. The van der Waals surface area contributed by atoms with Crippen molar-refractivity contribution < 1.29 is 22.7 Å². The van der Waals surface area contributed by atoms with Crippen LogP contribution in [0.2, 0.25) is 5.02 Å². The van der Waals surface area contributed by atoms with Crippen LogP contribution < -0.4 is 5.32 Å². The first-order valence-corrected chi connectivity index (χ1v) is 7.57. The highest BCUT2D eigenvalue weighted by Crippen LogP contribution is 2.36. The van der Waals surface area contributed by atoms with Crippen molar-refractivity contribution in [3.8, 4) is 0 Å². The average Bonchev–Trinajstić information content (AvgIpc) is 2.38. The molecular formula is C15H18ClF3N2O2. The third kappa shape index (κ3) is 5.09. The van der Waals surface area contributed by atoms with Gasteiger partial charge in [0.05, 0.1) is 30.0 Å². The van der Waals surface area contributed by atoms with Gasteiger partial charge in [-0.1, -0.05) is 11.6 Å². The number of amides is 1. The molecule has 1 aliphatic heterocycles. The summed E-state index contributed by atoms with van der Waals surface area (Å²) >= 11 is 5.61. The summed E-state index contributed by atoms with van der Waals surface area (Å²) in [5.41, 5.74) is -1.25. The molecule has 1 aromatic rings. The van der Waals surface area contributed by atoms with Crippen LogP contribution in [0.15, 0.2) is 18.2 Å². The lowest BCUT2D eigenvalue weighted by molar-refractivity contribution is -0.137. The molecule has 1 amide bonds. The van der Waals surface area contributed by atoms with Gasteiger partial charge in [-0.15, -0.1) is 0 Å². The molecule has 128 valence electrons. The zero-order valence-corrected chi connectivity index (χ0v) is 13.5. The number of morpholine rings is 1. The van der Waals surface area contributed by atoms with E-state index in [0.29, 0.717) is 13.1 Å². The first kappa shape index (κ1) is 18.0. The second kappa shape index (κ2) is 7.07. The Bertz CT molecular complexity index is 570. The Balaban J connectivity index is 2.06. The van der Waals surface area contributed by atoms with E-state index in [1.807, 2.05) is 18.7 Å². The SMILES string of the molecule is C[C@@H]1CN(CC(=O)Nc2ccc(Cl)cc2C(F)(F)F)C[C@H](C)O1. The number of hydrogen-bond acceptors (Lipinski definition) is 3. The number of nitrogens with one attached hydrogen (secondary N) is 1. The molecule has 0 aliphatic carbocycles. The molecular weight excluding hydrogens is 333 g/mol. The fraction of sp³-hybridized carbons (Fsp3) is 0.533. The van der Waals surface area contributed by atoms with E-state index in [1.54, 1.807) is 0 Å². The van der Waals surface area contributed by atoms with Crippen molar-refractivity contribution in [3.63, 3.8) is 0 Å². The summed E-state index contributed by atoms with van der Waals surface area (Å²) in [4.78, 5) is 13.9. The van der Waals surface area contributed by atoms with E-state index in [1.165, 1.54) is 6.07 Å². The van der Waals surface area contributed by atoms with Crippen LogP contribution in [0.25, 0.3) is 0 Å². The zero-order chi connectivity index (χ0) is 17.2. The summed E-state index contributed by atoms with van der Waals surface area (Å²) in [7, 11) is 0. The van der Waals surface area contributed by atoms with Crippen molar-refractivity contribution in [2.75, 3.05) is 25.0 Å². The fourth-order valence-corrected chi connectivity index (χ4v) is 2.84. The number of carbonyl (C=O) groups is 1. The maximum atomic E-state index is 13.0. The molecule has 0 saturated carbocycles. The second-order valence-corrected chi connectivity index (χ2v) is 6.12. The number of carbonyl (C=O) groups excluding carboxylic acids is 1. The van der Waals surface area contributed by atoms with Gasteiger partial charge >= 0.3 is 6.18 Å². The molecule has 1 aliphatic rings. The van der Waals surface area contributed by atoms with Gasteiger partial charge < -0.3 is 10.1 Å². The molecule has 2 atom stereocenters. The van der Waals surface area contributed by atoms with Crippen LogP contribution in [0.3, 0.4) is 0 Å². The molecule has 0 radical (unpaired) electrons. The number of ether oxygens (including phenoxy) is 1. The van der Waals surface area contributed by atoms with E-state index in [4.69, 9.17) is 16.3 Å². The summed E-state index contributed by atoms with van der Waals surface area (Å²) < 4.78 is 44.6. The van der Waals surface area contributed by atoms with Crippen LogP contribution in [-0.2, 0) is 15.7 Å². The smallest absolute Gasteiger partial charge is 0.373 e. The Hall–Kier alpha value is -1.31. The minimum atomic E-state index is -4.59. The van der Waals surface area contributed by atoms with Gasteiger partial charge in [0.25, 0.3) is 0 Å². The molecule has 4 nitrogen and oxygen atoms in total. The van der Waals surface area contributed by atoms with Crippen molar-refractivity contribution in [2.45, 2.75) is 32.2 Å². The lowest BCUT2D eigenvalue weighted by Crippen LogP contribution is -2.48. The van der Waals surface area contributed by atoms with E-state index < -0.39 is 17.6 Å². The van der Waals surface area contributed by atoms with Crippen molar-refractivity contribution in [1.82, 2.24) is 4.90 Å². The molecule has 1 fully saturated rings. The molecule has 1 heterocycles. The molecule has 8 heteroatoms. The first-order valence-electron chi connectivity index (χ1n) is 7.19. The molecule has 1 saturated heterocycles. The molecule has 1 aromatic carbocycles. The Labute approximate surface area is 137 Å². The van der Waals surface area contributed by atoms with Crippen molar-refractivity contribution in [2.24, 2.45) is 0 Å². The van der Waals surface area contributed by atoms with Crippen molar-refractivity contribution in [1.29, 1.82) is 0 Å². The number of nitrogens with zero attached hydrogens (tertiary/aromatic N) is 1. The van der Waals surface area contributed by atoms with Gasteiger partial charge in [-0.05, 0) is 32.0 Å². The van der Waals surface area contributed by atoms with Crippen molar-refractivity contribution in [3.05, 3.63) is 28.8 Å². The molecule has 23 heavy (non-hydrogen) atoms. The van der Waals surface area contributed by atoms with E-state index in [-0.39, 0.29) is 29.5 Å². The lowest BCUT2D eigenvalue weighted by atomic mass is 10.1. The van der Waals surface area contributed by atoms with Crippen LogP contribution in [0, 0.1) is 0 Å². The highest BCUT2D eigenvalue weighted by atomic mass is 35.5. The van der Waals surface area contributed by atoms with Gasteiger partial charge in [0.1, 0.15) is 0 Å². The molecule has 0 unspecified atom stereocenters. The minimum absolute atomic E-state index is 0.0119. The number of halogens is 4. The highest BCUT2D eigenvalue weighted by Gasteiger charge is 2.34. The fourth-order valence-electron chi connectivity index (χ4n) is 2.67. The van der Waals surface area contributed by atoms with Gasteiger partial charge in [-0.25, -0.2) is 0 Å². The molecule has 0 aromatic heterocycles. The number of anilines is 1. The lowest BCUT2D eigenvalue weighted by Gasteiger charge is -2.34. The van der Waals surface area contributed by atoms with Gasteiger partial charge in [0.15, 0.2) is 0 Å². The predicted molar refractivity (Wildman–Crippen MR) is 81.5 cm³/mol. The number of alkyl halides is 3. The molecule has 0 spiro atoms. The maximum Gasteiger partial charge on any atom is 0.418 e. The average molecular weight is 351 g/mol. The van der Waals surface area contributed by atoms with Crippen LogP contribution in [-0.4, -0.2) is 42.6 Å². The second-order valence-electron chi connectivity index (χ2n) is 5.69. The first-order chi connectivity index (χ1) is 10.6. The normalized spacial score (nSPS) is 22.9. The molecule has 0 bridgehead atoms. The van der Waals surface area contributed by atoms with Crippen LogP contribution in [0.5, 0.6) is 0 Å². The van der Waals surface area contributed by atoms with Crippen LogP contribution in [0.1, 0.15) is 19.4 Å². The van der Waals surface area contributed by atoms with E-state index in [0.717, 1.165) is 12.1 Å². The third-order valence-electron chi connectivity index (χ3n) is 3.42. The largest absolute Gasteiger partial charge is 0.418 e. The summed E-state index contributed by atoms with van der Waals surface area (Å²) in [5, 5.41) is 2.29. The highest BCUT2D eigenvalue weighted by molar-refractivity contribution is 6.30. The molecule has 1 N–H and O–H groups in total. The standard InChI is InChI=1S/C15H18ClF3N2O2/c1-9-6-21(7-10(2)23-9)8-14(22)20-13-4-3-11(16)5-12(13)15(17,18)19/h3-5,9-10H,6-8H2,1-2H3,(H,20,22)/t9-,10+. The predicted octanol–water partition coefficient (Wildman–Crippen LogP) is 3.41. The quantitative estimate of drug-likeness (QED) is 0.908. The number of benzene rings is 1. The van der Waals surface area contributed by atoms with Gasteiger partial charge in [-0.2, -0.15) is 13.2 Å². The minimum Gasteiger partial charge on any atom is -0.373 e. The Kier molecular flexibility index (Phi) is 5.54. The van der Waals surface area contributed by atoms with E-state index >= 15 is 0 Å². The Morgan fingerprint density at radius 3 is 2.52 bits per heavy atom. The summed E-state index contributed by atoms with van der Waals surface area (Å²) in [5.74, 6) is -0.501. The summed E-state index contributed by atoms with van der Waals surface area (Å²) in [6.45, 7) is 4.91. The van der Waals surface area contributed by atoms with E-state index in [2.05, 4.69) is 5.32 Å². The maximum absolute atomic E-state index is 13.0. The number of rotatable bonds is 3. The monoisotopic (exact) mass is 350 g/mol. The van der Waals surface area contributed by atoms with Gasteiger partial charge in [0, 0.05) is 18.1 Å². The van der Waals surface area contributed by atoms with E-state index in [9.17, 15) is 18.0 Å². The van der Waals surface area contributed by atoms with Gasteiger partial charge in [-0.3, -0.25) is 9.69 Å². The zero-order valence-electron chi connectivity index (χ0n) is 12.8.